The number of hydrogen-bond donors (Lipinski definition) is 1. The molecule has 2 aromatic heterocycles. The fourth-order valence-electron chi connectivity index (χ4n) is 1.57. The van der Waals surface area contributed by atoms with Gasteiger partial charge in [-0.3, -0.25) is 4.79 Å². The zero-order valence-electron chi connectivity index (χ0n) is 11.1. The molecule has 0 unspecified atom stereocenters. The smallest absolute Gasteiger partial charge is 0.325 e. The van der Waals surface area contributed by atoms with Crippen molar-refractivity contribution in [2.45, 2.75) is 17.3 Å². The Balaban J connectivity index is 2.32. The van der Waals surface area contributed by atoms with Crippen LogP contribution in [-0.2, 0) is 17.8 Å². The summed E-state index contributed by atoms with van der Waals surface area (Å²) in [6, 6.07) is 0. The van der Waals surface area contributed by atoms with Crippen molar-refractivity contribution < 1.29 is 9.90 Å². The number of aliphatic carboxylic acids is 1. The van der Waals surface area contributed by atoms with Crippen molar-refractivity contribution in [2.75, 3.05) is 18.3 Å². The summed E-state index contributed by atoms with van der Waals surface area (Å²) in [5, 5.41) is 15.1. The summed E-state index contributed by atoms with van der Waals surface area (Å²) in [7, 11) is 0. The zero-order valence-corrected chi connectivity index (χ0v) is 13.5. The third kappa shape index (κ3) is 3.74. The first-order valence-corrected chi connectivity index (χ1v) is 9.28. The Morgan fingerprint density at radius 2 is 2.25 bits per heavy atom. The lowest BCUT2D eigenvalue weighted by atomic mass is 10.4. The summed E-state index contributed by atoms with van der Waals surface area (Å²) in [6.07, 6.45) is 4.69. The Hall–Kier alpha value is -1.06. The molecule has 0 aliphatic heterocycles. The predicted octanol–water partition coefficient (Wildman–Crippen LogP) is 2.11. The summed E-state index contributed by atoms with van der Waals surface area (Å²) >= 11 is 4.78. The number of carbonyl (C=O) groups is 1. The Kier molecular flexibility index (Phi) is 5.44. The molecule has 0 fully saturated rings. The molecule has 0 aliphatic rings. The van der Waals surface area contributed by atoms with Gasteiger partial charge in [-0.2, -0.15) is 16.9 Å². The molecule has 108 valence electrons. The molecular formula is C11H14N4O2S3. The fraction of sp³-hybridized carbons (Fsp3) is 0.455. The molecule has 2 heterocycles. The van der Waals surface area contributed by atoms with Gasteiger partial charge < -0.3 is 5.11 Å². The van der Waals surface area contributed by atoms with E-state index in [1.807, 2.05) is 17.9 Å². The molecule has 0 aromatic carbocycles. The SMILES string of the molecule is CSCCc1nc(-c2csc(SC)n2)n(CC(=O)O)n1. The van der Waals surface area contributed by atoms with Gasteiger partial charge in [0.1, 0.15) is 16.6 Å². The second-order valence-electron chi connectivity index (χ2n) is 3.85. The molecule has 0 amide bonds. The van der Waals surface area contributed by atoms with Crippen molar-refractivity contribution in [1.82, 2.24) is 19.7 Å². The van der Waals surface area contributed by atoms with Crippen LogP contribution in [0.25, 0.3) is 11.5 Å². The van der Waals surface area contributed by atoms with E-state index in [0.29, 0.717) is 17.3 Å². The van der Waals surface area contributed by atoms with Crippen molar-refractivity contribution in [2.24, 2.45) is 0 Å². The van der Waals surface area contributed by atoms with Crippen molar-refractivity contribution in [3.63, 3.8) is 0 Å². The molecule has 0 saturated carbocycles. The summed E-state index contributed by atoms with van der Waals surface area (Å²) in [6.45, 7) is -0.201. The molecule has 0 bridgehead atoms. The molecule has 0 aliphatic carbocycles. The number of carboxylic acids is 1. The minimum atomic E-state index is -0.937. The van der Waals surface area contributed by atoms with E-state index in [9.17, 15) is 4.79 Å². The Labute approximate surface area is 129 Å². The summed E-state index contributed by atoms with van der Waals surface area (Å²) in [5.74, 6) is 1.16. The minimum Gasteiger partial charge on any atom is -0.480 e. The first-order valence-electron chi connectivity index (χ1n) is 5.78. The number of carboxylic acid groups (broad SMARTS) is 1. The Bertz CT molecular complexity index is 596. The van der Waals surface area contributed by atoms with Crippen LogP contribution in [0.2, 0.25) is 0 Å². The van der Waals surface area contributed by atoms with Crippen LogP contribution in [0.1, 0.15) is 5.82 Å². The highest BCUT2D eigenvalue weighted by Gasteiger charge is 2.16. The van der Waals surface area contributed by atoms with E-state index < -0.39 is 5.97 Å². The van der Waals surface area contributed by atoms with E-state index in [-0.39, 0.29) is 6.54 Å². The largest absolute Gasteiger partial charge is 0.480 e. The maximum Gasteiger partial charge on any atom is 0.325 e. The average Bonchev–Trinajstić information content (AvgIpc) is 3.02. The van der Waals surface area contributed by atoms with Crippen LogP contribution in [0.3, 0.4) is 0 Å². The molecule has 20 heavy (non-hydrogen) atoms. The Morgan fingerprint density at radius 1 is 1.45 bits per heavy atom. The lowest BCUT2D eigenvalue weighted by molar-refractivity contribution is -0.137. The number of thioether (sulfide) groups is 2. The summed E-state index contributed by atoms with van der Waals surface area (Å²) < 4.78 is 2.34. The molecule has 0 atom stereocenters. The lowest BCUT2D eigenvalue weighted by Gasteiger charge is -1.99. The highest BCUT2D eigenvalue weighted by molar-refractivity contribution is 8.00. The van der Waals surface area contributed by atoms with Gasteiger partial charge in [-0.15, -0.1) is 11.3 Å². The standard InChI is InChI=1S/C11H14N4O2S3/c1-18-4-3-8-13-10(15(14-8)5-9(16)17)7-6-20-11(12-7)19-2/h6H,3-5H2,1-2H3,(H,16,17). The van der Waals surface area contributed by atoms with E-state index in [0.717, 1.165) is 16.5 Å². The molecule has 9 heteroatoms. The molecule has 0 saturated heterocycles. The number of nitrogens with zero attached hydrogens (tertiary/aromatic N) is 4. The number of thiazole rings is 1. The van der Waals surface area contributed by atoms with Crippen LogP contribution in [-0.4, -0.2) is 49.1 Å². The van der Waals surface area contributed by atoms with Crippen LogP contribution in [0.5, 0.6) is 0 Å². The van der Waals surface area contributed by atoms with Crippen molar-refractivity contribution in [3.8, 4) is 11.5 Å². The summed E-state index contributed by atoms with van der Waals surface area (Å²) in [4.78, 5) is 19.8. The highest BCUT2D eigenvalue weighted by Crippen LogP contribution is 2.26. The molecule has 0 spiro atoms. The topological polar surface area (TPSA) is 80.9 Å². The minimum absolute atomic E-state index is 0.201. The lowest BCUT2D eigenvalue weighted by Crippen LogP contribution is -2.12. The Morgan fingerprint density at radius 3 is 2.85 bits per heavy atom. The van der Waals surface area contributed by atoms with E-state index in [4.69, 9.17) is 5.11 Å². The van der Waals surface area contributed by atoms with Crippen LogP contribution < -0.4 is 0 Å². The highest BCUT2D eigenvalue weighted by atomic mass is 32.2. The van der Waals surface area contributed by atoms with Crippen LogP contribution >= 0.6 is 34.9 Å². The van der Waals surface area contributed by atoms with Crippen molar-refractivity contribution in [3.05, 3.63) is 11.2 Å². The van der Waals surface area contributed by atoms with Gasteiger partial charge in [0.15, 0.2) is 11.6 Å². The maximum absolute atomic E-state index is 10.9. The predicted molar refractivity (Wildman–Crippen MR) is 82.6 cm³/mol. The van der Waals surface area contributed by atoms with Crippen LogP contribution in [0, 0.1) is 0 Å². The number of aryl methyl sites for hydroxylation is 1. The van der Waals surface area contributed by atoms with E-state index in [1.165, 1.54) is 16.0 Å². The van der Waals surface area contributed by atoms with E-state index in [1.54, 1.807) is 23.5 Å². The monoisotopic (exact) mass is 330 g/mol. The van der Waals surface area contributed by atoms with E-state index >= 15 is 0 Å². The molecule has 2 rings (SSSR count). The van der Waals surface area contributed by atoms with Gasteiger partial charge >= 0.3 is 5.97 Å². The molecule has 1 N–H and O–H groups in total. The van der Waals surface area contributed by atoms with Crippen LogP contribution in [0.15, 0.2) is 9.72 Å². The third-order valence-electron chi connectivity index (χ3n) is 2.42. The van der Waals surface area contributed by atoms with Gasteiger partial charge in [0.05, 0.1) is 0 Å². The van der Waals surface area contributed by atoms with Crippen molar-refractivity contribution >= 4 is 40.8 Å². The first kappa shape index (κ1) is 15.3. The second kappa shape index (κ2) is 7.09. The normalized spacial score (nSPS) is 10.9. The van der Waals surface area contributed by atoms with Gasteiger partial charge in [0.25, 0.3) is 0 Å². The van der Waals surface area contributed by atoms with Gasteiger partial charge in [-0.25, -0.2) is 14.6 Å². The fourth-order valence-corrected chi connectivity index (χ4v) is 3.20. The quantitative estimate of drug-likeness (QED) is 0.779. The molecule has 6 nitrogen and oxygen atoms in total. The van der Waals surface area contributed by atoms with Gasteiger partial charge in [-0.1, -0.05) is 11.8 Å². The second-order valence-corrected chi connectivity index (χ2v) is 6.75. The molecule has 2 aromatic rings. The number of aromatic nitrogens is 4. The number of hydrogen-bond acceptors (Lipinski definition) is 7. The third-order valence-corrected chi connectivity index (χ3v) is 4.89. The zero-order chi connectivity index (χ0) is 14.5. The maximum atomic E-state index is 10.9. The van der Waals surface area contributed by atoms with Crippen molar-refractivity contribution in [1.29, 1.82) is 0 Å². The van der Waals surface area contributed by atoms with Gasteiger partial charge in [0, 0.05) is 17.6 Å². The average molecular weight is 330 g/mol. The first-order chi connectivity index (χ1) is 9.63. The van der Waals surface area contributed by atoms with E-state index in [2.05, 4.69) is 15.1 Å². The number of rotatable bonds is 7. The van der Waals surface area contributed by atoms with Gasteiger partial charge in [-0.05, 0) is 12.5 Å². The summed E-state index contributed by atoms with van der Waals surface area (Å²) in [5.41, 5.74) is 0.684. The van der Waals surface area contributed by atoms with Gasteiger partial charge in [0.2, 0.25) is 0 Å². The molecular weight excluding hydrogens is 316 g/mol. The van der Waals surface area contributed by atoms with Crippen LogP contribution in [0.4, 0.5) is 0 Å². The molecule has 0 radical (unpaired) electrons.